The van der Waals surface area contributed by atoms with Crippen LogP contribution in [0, 0.1) is 0 Å². The molecule has 1 saturated heterocycles. The van der Waals surface area contributed by atoms with Gasteiger partial charge in [-0.1, -0.05) is 11.8 Å². The molecule has 1 aliphatic heterocycles. The predicted molar refractivity (Wildman–Crippen MR) is 77.0 cm³/mol. The first-order chi connectivity index (χ1) is 10.2. The van der Waals surface area contributed by atoms with Crippen LogP contribution in [0.3, 0.4) is 0 Å². The van der Waals surface area contributed by atoms with E-state index in [1.54, 1.807) is 0 Å². The highest BCUT2D eigenvalue weighted by Gasteiger charge is 2.36. The van der Waals surface area contributed by atoms with Gasteiger partial charge in [0.05, 0.1) is 12.7 Å². The van der Waals surface area contributed by atoms with Crippen molar-refractivity contribution in [1.29, 1.82) is 0 Å². The first kappa shape index (κ1) is 16.7. The smallest absolute Gasteiger partial charge is 0.419 e. The summed E-state index contributed by atoms with van der Waals surface area (Å²) in [6.45, 7) is 1.70. The van der Waals surface area contributed by atoms with Crippen molar-refractivity contribution in [2.75, 3.05) is 18.6 Å². The minimum absolute atomic E-state index is 0.0929. The molecule has 1 aromatic carbocycles. The Morgan fingerprint density at radius 3 is 2.64 bits per heavy atom. The summed E-state index contributed by atoms with van der Waals surface area (Å²) >= 11 is 1.07. The largest absolute Gasteiger partial charge is 0.496 e. The van der Waals surface area contributed by atoms with Crippen LogP contribution in [0.4, 0.5) is 18.9 Å². The van der Waals surface area contributed by atoms with E-state index in [0.717, 1.165) is 24.9 Å². The lowest BCUT2D eigenvalue weighted by molar-refractivity contribution is -0.138. The third-order valence-corrected chi connectivity index (χ3v) is 4.21. The van der Waals surface area contributed by atoms with Gasteiger partial charge in [0.1, 0.15) is 5.75 Å². The summed E-state index contributed by atoms with van der Waals surface area (Å²) in [6.07, 6.45) is -4.33. The maximum absolute atomic E-state index is 12.8. The Bertz CT molecular complexity index is 603. The highest BCUT2D eigenvalue weighted by atomic mass is 32.2. The second kappa shape index (κ2) is 6.20. The second-order valence-electron chi connectivity index (χ2n) is 4.82. The number of methoxy groups -OCH3 is 1. The van der Waals surface area contributed by atoms with E-state index >= 15 is 0 Å². The average Bonchev–Trinajstić information content (AvgIpc) is 2.76. The molecule has 1 fully saturated rings. The number of nitrogens with zero attached hydrogens (tertiary/aromatic N) is 1. The fraction of sp³-hybridized carbons (Fsp3) is 0.429. The molecule has 0 radical (unpaired) electrons. The second-order valence-corrected chi connectivity index (χ2v) is 6.30. The first-order valence-corrected chi connectivity index (χ1v) is 7.33. The van der Waals surface area contributed by atoms with E-state index in [2.05, 4.69) is 0 Å². The lowest BCUT2D eigenvalue weighted by Gasteiger charge is -2.19. The monoisotopic (exact) mass is 333 g/mol. The molecule has 0 saturated carbocycles. The van der Waals surface area contributed by atoms with Gasteiger partial charge in [-0.15, -0.1) is 0 Å². The van der Waals surface area contributed by atoms with Crippen LogP contribution in [-0.4, -0.2) is 29.9 Å². The maximum Gasteiger partial charge on any atom is 0.419 e. The number of alkyl halides is 3. The zero-order valence-corrected chi connectivity index (χ0v) is 12.8. The molecule has 1 amide bonds. The summed E-state index contributed by atoms with van der Waals surface area (Å²) in [4.78, 5) is 24.5. The lowest BCUT2D eigenvalue weighted by atomic mass is 10.1. The number of carbonyl (C=O) groups is 2. The molecule has 8 heteroatoms. The number of amides is 1. The van der Waals surface area contributed by atoms with Crippen molar-refractivity contribution in [2.45, 2.75) is 24.8 Å². The number of carbonyl (C=O) groups excluding carboxylic acids is 2. The summed E-state index contributed by atoms with van der Waals surface area (Å²) in [5, 5.41) is -0.275. The number of benzene rings is 1. The number of anilines is 1. The Hall–Kier alpha value is -1.70. The molecule has 1 aliphatic rings. The zero-order valence-electron chi connectivity index (χ0n) is 11.9. The molecular weight excluding hydrogens is 319 g/mol. The molecule has 0 bridgehead atoms. The number of thioether (sulfide) groups is 1. The maximum atomic E-state index is 12.8. The van der Waals surface area contributed by atoms with Crippen LogP contribution < -0.4 is 9.64 Å². The molecule has 2 rings (SSSR count). The first-order valence-electron chi connectivity index (χ1n) is 6.45. The normalized spacial score (nSPS) is 18.7. The summed E-state index contributed by atoms with van der Waals surface area (Å²) in [5.74, 6) is -0.555. The van der Waals surface area contributed by atoms with E-state index in [9.17, 15) is 22.8 Å². The molecule has 1 atom stereocenters. The van der Waals surface area contributed by atoms with E-state index in [-0.39, 0.29) is 35.0 Å². The molecule has 22 heavy (non-hydrogen) atoms. The number of halogens is 3. The van der Waals surface area contributed by atoms with Crippen LogP contribution >= 0.6 is 11.8 Å². The van der Waals surface area contributed by atoms with E-state index in [4.69, 9.17) is 4.74 Å². The molecule has 1 unspecified atom stereocenters. The van der Waals surface area contributed by atoms with Crippen LogP contribution in [0.15, 0.2) is 18.2 Å². The Balaban J connectivity index is 2.26. The summed E-state index contributed by atoms with van der Waals surface area (Å²) in [6, 6.07) is 3.33. The Morgan fingerprint density at radius 2 is 2.09 bits per heavy atom. The quantitative estimate of drug-likeness (QED) is 0.853. The molecule has 0 aliphatic carbocycles. The fourth-order valence-electron chi connectivity index (χ4n) is 2.32. The van der Waals surface area contributed by atoms with Gasteiger partial charge in [0.25, 0.3) is 0 Å². The highest BCUT2D eigenvalue weighted by molar-refractivity contribution is 8.14. The summed E-state index contributed by atoms with van der Waals surface area (Å²) < 4.78 is 43.3. The van der Waals surface area contributed by atoms with Crippen molar-refractivity contribution >= 4 is 28.5 Å². The topological polar surface area (TPSA) is 46.6 Å². The Kier molecular flexibility index (Phi) is 4.69. The Morgan fingerprint density at radius 1 is 1.41 bits per heavy atom. The summed E-state index contributed by atoms with van der Waals surface area (Å²) in [5.41, 5.74) is -0.554. The minimum Gasteiger partial charge on any atom is -0.496 e. The van der Waals surface area contributed by atoms with E-state index in [0.29, 0.717) is 5.69 Å². The van der Waals surface area contributed by atoms with Crippen LogP contribution in [0.2, 0.25) is 0 Å². The SMILES string of the molecule is COc1cc(N2CC(SC(C)=O)CC2=O)ccc1C(F)(F)F. The van der Waals surface area contributed by atoms with Gasteiger partial charge < -0.3 is 9.64 Å². The standard InChI is InChI=1S/C14H14F3NO3S/c1-8(19)22-10-6-13(20)18(7-10)9-3-4-11(14(15,16)17)12(5-9)21-2/h3-5,10H,6-7H2,1-2H3. The van der Waals surface area contributed by atoms with Crippen molar-refractivity contribution in [3.63, 3.8) is 0 Å². The Labute approximate surface area is 129 Å². The van der Waals surface area contributed by atoms with Crippen molar-refractivity contribution in [3.8, 4) is 5.75 Å². The third kappa shape index (κ3) is 3.55. The fourth-order valence-corrected chi connectivity index (χ4v) is 3.24. The van der Waals surface area contributed by atoms with Crippen molar-refractivity contribution in [1.82, 2.24) is 0 Å². The van der Waals surface area contributed by atoms with Gasteiger partial charge in [0.15, 0.2) is 5.12 Å². The van der Waals surface area contributed by atoms with Crippen molar-refractivity contribution in [3.05, 3.63) is 23.8 Å². The molecule has 120 valence electrons. The molecular formula is C14H14F3NO3S. The molecule has 0 N–H and O–H groups in total. The lowest BCUT2D eigenvalue weighted by Crippen LogP contribution is -2.25. The zero-order chi connectivity index (χ0) is 16.5. The highest BCUT2D eigenvalue weighted by Crippen LogP contribution is 2.39. The molecule has 4 nitrogen and oxygen atoms in total. The summed E-state index contributed by atoms with van der Waals surface area (Å²) in [7, 11) is 1.15. The molecule has 0 aromatic heterocycles. The van der Waals surface area contributed by atoms with Crippen LogP contribution in [0.25, 0.3) is 0 Å². The molecule has 0 spiro atoms. The van der Waals surface area contributed by atoms with Gasteiger partial charge >= 0.3 is 6.18 Å². The van der Waals surface area contributed by atoms with Crippen LogP contribution in [0.5, 0.6) is 5.75 Å². The third-order valence-electron chi connectivity index (χ3n) is 3.22. The van der Waals surface area contributed by atoms with Crippen molar-refractivity contribution in [2.24, 2.45) is 0 Å². The van der Waals surface area contributed by atoms with Crippen molar-refractivity contribution < 1.29 is 27.5 Å². The number of rotatable bonds is 3. The number of hydrogen-bond donors (Lipinski definition) is 0. The van der Waals surface area contributed by atoms with E-state index < -0.39 is 11.7 Å². The number of hydrogen-bond acceptors (Lipinski definition) is 4. The van der Waals surface area contributed by atoms with Gasteiger partial charge in [-0.05, 0) is 12.1 Å². The van der Waals surface area contributed by atoms with Gasteiger partial charge in [0.2, 0.25) is 5.91 Å². The van der Waals surface area contributed by atoms with Gasteiger partial charge in [0, 0.05) is 36.9 Å². The van der Waals surface area contributed by atoms with Gasteiger partial charge in [-0.25, -0.2) is 0 Å². The van der Waals surface area contributed by atoms with E-state index in [1.807, 2.05) is 0 Å². The van der Waals surface area contributed by atoms with E-state index in [1.165, 1.54) is 24.0 Å². The predicted octanol–water partition coefficient (Wildman–Crippen LogP) is 3.10. The van der Waals surface area contributed by atoms with Gasteiger partial charge in [-0.3, -0.25) is 9.59 Å². The number of ether oxygens (including phenoxy) is 1. The van der Waals surface area contributed by atoms with Crippen LogP contribution in [0.1, 0.15) is 18.9 Å². The average molecular weight is 333 g/mol. The molecule has 1 heterocycles. The minimum atomic E-state index is -4.52. The van der Waals surface area contributed by atoms with Crippen LogP contribution in [-0.2, 0) is 15.8 Å². The van der Waals surface area contributed by atoms with Gasteiger partial charge in [-0.2, -0.15) is 13.2 Å². The molecule has 1 aromatic rings.